The SMILES string of the molecule is Cc1nnc(NC2(C)CCCOC2)c(C(N)=S)c1C. The van der Waals surface area contributed by atoms with Crippen LogP contribution in [-0.4, -0.2) is 33.9 Å². The highest BCUT2D eigenvalue weighted by atomic mass is 32.1. The Morgan fingerprint density at radius 1 is 1.42 bits per heavy atom. The third kappa shape index (κ3) is 3.01. The van der Waals surface area contributed by atoms with Crippen LogP contribution in [0.1, 0.15) is 36.6 Å². The van der Waals surface area contributed by atoms with E-state index in [9.17, 15) is 0 Å². The highest BCUT2D eigenvalue weighted by Crippen LogP contribution is 2.26. The molecule has 1 aliphatic heterocycles. The van der Waals surface area contributed by atoms with Crippen molar-refractivity contribution < 1.29 is 4.74 Å². The zero-order chi connectivity index (χ0) is 14.0. The summed E-state index contributed by atoms with van der Waals surface area (Å²) < 4.78 is 5.54. The number of nitrogens with two attached hydrogens (primary N) is 1. The number of thiocarbonyl (C=S) groups is 1. The summed E-state index contributed by atoms with van der Waals surface area (Å²) in [5.74, 6) is 0.656. The first-order valence-electron chi connectivity index (χ1n) is 6.42. The molecule has 0 amide bonds. The summed E-state index contributed by atoms with van der Waals surface area (Å²) in [5.41, 5.74) is 8.29. The van der Waals surface area contributed by atoms with E-state index in [1.807, 2.05) is 13.8 Å². The van der Waals surface area contributed by atoms with Crippen LogP contribution in [0.2, 0.25) is 0 Å². The van der Waals surface area contributed by atoms with Crippen molar-refractivity contribution >= 4 is 23.0 Å². The molecule has 1 fully saturated rings. The van der Waals surface area contributed by atoms with Crippen LogP contribution in [0.25, 0.3) is 0 Å². The molecule has 2 rings (SSSR count). The molecule has 1 aromatic heterocycles. The molecule has 0 spiro atoms. The third-order valence-electron chi connectivity index (χ3n) is 3.56. The maximum absolute atomic E-state index is 5.82. The molecule has 1 unspecified atom stereocenters. The largest absolute Gasteiger partial charge is 0.389 e. The number of nitrogens with zero attached hydrogens (tertiary/aromatic N) is 2. The highest BCUT2D eigenvalue weighted by Gasteiger charge is 2.29. The number of aryl methyl sites for hydroxylation is 1. The zero-order valence-corrected chi connectivity index (χ0v) is 12.4. The molecule has 1 aliphatic rings. The molecule has 2 heterocycles. The lowest BCUT2D eigenvalue weighted by molar-refractivity contribution is 0.0538. The number of aromatic nitrogens is 2. The Labute approximate surface area is 118 Å². The van der Waals surface area contributed by atoms with E-state index in [2.05, 4.69) is 22.4 Å². The maximum Gasteiger partial charge on any atom is 0.159 e. The quantitative estimate of drug-likeness (QED) is 0.821. The summed E-state index contributed by atoms with van der Waals surface area (Å²) in [7, 11) is 0. The minimum Gasteiger partial charge on any atom is -0.389 e. The Morgan fingerprint density at radius 2 is 2.16 bits per heavy atom. The molecule has 0 bridgehead atoms. The van der Waals surface area contributed by atoms with Crippen LogP contribution in [0.3, 0.4) is 0 Å². The third-order valence-corrected chi connectivity index (χ3v) is 3.76. The van der Waals surface area contributed by atoms with Crippen LogP contribution in [-0.2, 0) is 4.74 Å². The van der Waals surface area contributed by atoms with Gasteiger partial charge >= 0.3 is 0 Å². The van der Waals surface area contributed by atoms with Crippen LogP contribution < -0.4 is 11.1 Å². The Balaban J connectivity index is 2.34. The second-order valence-corrected chi connectivity index (χ2v) is 5.78. The molecule has 0 radical (unpaired) electrons. The summed E-state index contributed by atoms with van der Waals surface area (Å²) in [5, 5.41) is 11.8. The summed E-state index contributed by atoms with van der Waals surface area (Å²) in [6.07, 6.45) is 2.06. The number of nitrogens with one attached hydrogen (secondary N) is 1. The minimum atomic E-state index is -0.145. The van der Waals surface area contributed by atoms with Crippen LogP contribution >= 0.6 is 12.2 Å². The first-order valence-corrected chi connectivity index (χ1v) is 6.83. The van der Waals surface area contributed by atoms with Gasteiger partial charge in [-0.2, -0.15) is 5.10 Å². The molecule has 5 nitrogen and oxygen atoms in total. The second-order valence-electron chi connectivity index (χ2n) is 5.34. The zero-order valence-electron chi connectivity index (χ0n) is 11.6. The molecule has 104 valence electrons. The van der Waals surface area contributed by atoms with Crippen molar-refractivity contribution in [2.75, 3.05) is 18.5 Å². The van der Waals surface area contributed by atoms with Gasteiger partial charge in [-0.05, 0) is 39.2 Å². The Morgan fingerprint density at radius 3 is 2.74 bits per heavy atom. The van der Waals surface area contributed by atoms with Gasteiger partial charge in [-0.1, -0.05) is 12.2 Å². The van der Waals surface area contributed by atoms with Crippen LogP contribution in [0.5, 0.6) is 0 Å². The summed E-state index contributed by atoms with van der Waals surface area (Å²) >= 11 is 5.14. The topological polar surface area (TPSA) is 73.1 Å². The van der Waals surface area contributed by atoms with Crippen LogP contribution in [0.4, 0.5) is 5.82 Å². The number of hydrogen-bond donors (Lipinski definition) is 2. The van der Waals surface area contributed by atoms with Crippen molar-refractivity contribution in [2.24, 2.45) is 5.73 Å². The smallest absolute Gasteiger partial charge is 0.159 e. The van der Waals surface area contributed by atoms with Gasteiger partial charge in [-0.15, -0.1) is 5.10 Å². The van der Waals surface area contributed by atoms with Gasteiger partial charge in [0.25, 0.3) is 0 Å². The van der Waals surface area contributed by atoms with Gasteiger partial charge in [0.2, 0.25) is 0 Å². The summed E-state index contributed by atoms with van der Waals surface area (Å²) in [6, 6.07) is 0. The van der Waals surface area contributed by atoms with Gasteiger partial charge in [-0.3, -0.25) is 0 Å². The van der Waals surface area contributed by atoms with Crippen LogP contribution in [0.15, 0.2) is 0 Å². The molecule has 3 N–H and O–H groups in total. The standard InChI is InChI=1S/C13H20N4OS/c1-8-9(2)16-17-12(10(8)11(14)19)15-13(3)5-4-6-18-7-13/h4-7H2,1-3H3,(H2,14,19)(H,15,17). The average molecular weight is 280 g/mol. The first kappa shape index (κ1) is 14.1. The van der Waals surface area contributed by atoms with Crippen molar-refractivity contribution in [3.8, 4) is 0 Å². The first-order chi connectivity index (χ1) is 8.93. The van der Waals surface area contributed by atoms with Crippen LogP contribution in [0, 0.1) is 13.8 Å². The minimum absolute atomic E-state index is 0.145. The van der Waals surface area contributed by atoms with E-state index in [0.29, 0.717) is 17.4 Å². The lowest BCUT2D eigenvalue weighted by Crippen LogP contribution is -2.44. The number of anilines is 1. The normalized spacial score (nSPS) is 23.1. The van der Waals surface area contributed by atoms with Gasteiger partial charge in [0.1, 0.15) is 4.99 Å². The number of ether oxygens (including phenoxy) is 1. The van der Waals surface area contributed by atoms with E-state index in [1.165, 1.54) is 0 Å². The Hall–Kier alpha value is -1.27. The number of rotatable bonds is 3. The second kappa shape index (κ2) is 5.38. The van der Waals surface area contributed by atoms with Gasteiger partial charge in [0.15, 0.2) is 5.82 Å². The fourth-order valence-electron chi connectivity index (χ4n) is 2.32. The molecule has 1 saturated heterocycles. The molecule has 0 aromatic carbocycles. The van der Waals surface area contributed by atoms with Crippen molar-refractivity contribution in [3.05, 3.63) is 16.8 Å². The van der Waals surface area contributed by atoms with E-state index >= 15 is 0 Å². The maximum atomic E-state index is 5.82. The van der Waals surface area contributed by atoms with E-state index in [-0.39, 0.29) is 5.54 Å². The van der Waals surface area contributed by atoms with E-state index in [4.69, 9.17) is 22.7 Å². The molecular formula is C13H20N4OS. The average Bonchev–Trinajstić information content (AvgIpc) is 2.34. The molecular weight excluding hydrogens is 260 g/mol. The van der Waals surface area contributed by atoms with E-state index < -0.39 is 0 Å². The summed E-state index contributed by atoms with van der Waals surface area (Å²) in [6.45, 7) is 7.45. The highest BCUT2D eigenvalue weighted by molar-refractivity contribution is 7.80. The monoisotopic (exact) mass is 280 g/mol. The Kier molecular flexibility index (Phi) is 4.01. The van der Waals surface area contributed by atoms with Gasteiger partial charge in [0.05, 0.1) is 23.4 Å². The number of hydrogen-bond acceptors (Lipinski definition) is 5. The predicted molar refractivity (Wildman–Crippen MR) is 79.5 cm³/mol. The molecule has 19 heavy (non-hydrogen) atoms. The molecule has 6 heteroatoms. The lowest BCUT2D eigenvalue weighted by atomic mass is 9.94. The lowest BCUT2D eigenvalue weighted by Gasteiger charge is -2.35. The predicted octanol–water partition coefficient (Wildman–Crippen LogP) is 1.71. The van der Waals surface area contributed by atoms with Gasteiger partial charge < -0.3 is 15.8 Å². The van der Waals surface area contributed by atoms with Crippen molar-refractivity contribution in [1.82, 2.24) is 10.2 Å². The van der Waals surface area contributed by atoms with E-state index in [0.717, 1.165) is 36.3 Å². The molecule has 1 aromatic rings. The summed E-state index contributed by atoms with van der Waals surface area (Å²) in [4.78, 5) is 0.346. The molecule has 1 atom stereocenters. The van der Waals surface area contributed by atoms with Crippen molar-refractivity contribution in [2.45, 2.75) is 39.2 Å². The van der Waals surface area contributed by atoms with Crippen molar-refractivity contribution in [1.29, 1.82) is 0 Å². The fourth-order valence-corrected chi connectivity index (χ4v) is 2.57. The van der Waals surface area contributed by atoms with Gasteiger partial charge in [0, 0.05) is 6.61 Å². The molecule has 0 saturated carbocycles. The Bertz CT molecular complexity index is 498. The van der Waals surface area contributed by atoms with Gasteiger partial charge in [-0.25, -0.2) is 0 Å². The van der Waals surface area contributed by atoms with E-state index in [1.54, 1.807) is 0 Å². The molecule has 0 aliphatic carbocycles. The fraction of sp³-hybridized carbons (Fsp3) is 0.615. The van der Waals surface area contributed by atoms with Crippen molar-refractivity contribution in [3.63, 3.8) is 0 Å².